The van der Waals surface area contributed by atoms with Crippen molar-refractivity contribution in [2.75, 3.05) is 0 Å². The summed E-state index contributed by atoms with van der Waals surface area (Å²) in [5, 5.41) is 3.31. The highest BCUT2D eigenvalue weighted by Crippen LogP contribution is 2.13. The minimum atomic E-state index is -3.42. The van der Waals surface area contributed by atoms with Gasteiger partial charge in [0, 0.05) is 18.6 Å². The van der Waals surface area contributed by atoms with Crippen LogP contribution in [-0.4, -0.2) is 20.5 Å². The van der Waals surface area contributed by atoms with Gasteiger partial charge in [-0.05, 0) is 37.0 Å². The molecule has 21 heavy (non-hydrogen) atoms. The number of nitrogens with one attached hydrogen (secondary N) is 2. The second-order valence-corrected chi connectivity index (χ2v) is 8.05. The third-order valence-electron chi connectivity index (χ3n) is 3.13. The lowest BCUT2D eigenvalue weighted by molar-refractivity contribution is 0.482. The van der Waals surface area contributed by atoms with E-state index in [2.05, 4.69) is 37.7 Å². The van der Waals surface area contributed by atoms with Crippen LogP contribution in [0.4, 0.5) is 0 Å². The summed E-state index contributed by atoms with van der Waals surface area (Å²) in [7, 11) is -3.42. The van der Waals surface area contributed by atoms with Crippen molar-refractivity contribution < 1.29 is 8.42 Å². The summed E-state index contributed by atoms with van der Waals surface area (Å²) in [6.07, 6.45) is 0.829. The van der Waals surface area contributed by atoms with Crippen molar-refractivity contribution >= 4 is 10.0 Å². The van der Waals surface area contributed by atoms with E-state index in [1.54, 1.807) is 12.1 Å². The fourth-order valence-corrected chi connectivity index (χ4v) is 3.45. The molecule has 1 aromatic carbocycles. The van der Waals surface area contributed by atoms with Crippen molar-refractivity contribution in [1.82, 2.24) is 10.0 Å². The molecule has 0 heterocycles. The summed E-state index contributed by atoms with van der Waals surface area (Å²) in [5.41, 5.74) is 1.08. The Bertz CT molecular complexity index is 522. The minimum absolute atomic E-state index is 0.0581. The number of rotatable bonds is 8. The van der Waals surface area contributed by atoms with E-state index in [9.17, 15) is 8.42 Å². The van der Waals surface area contributed by atoms with Gasteiger partial charge in [-0.15, -0.1) is 0 Å². The van der Waals surface area contributed by atoms with Crippen LogP contribution >= 0.6 is 0 Å². The molecule has 1 rings (SSSR count). The lowest BCUT2D eigenvalue weighted by Gasteiger charge is -2.16. The highest BCUT2D eigenvalue weighted by molar-refractivity contribution is 7.89. The summed E-state index contributed by atoms with van der Waals surface area (Å²) in [6, 6.07) is 7.40. The van der Waals surface area contributed by atoms with Crippen molar-refractivity contribution in [1.29, 1.82) is 0 Å². The molecular weight excluding hydrogens is 284 g/mol. The molecule has 1 aromatic rings. The van der Waals surface area contributed by atoms with E-state index in [0.29, 0.717) is 16.9 Å². The molecule has 0 spiro atoms. The lowest BCUT2D eigenvalue weighted by atomic mass is 10.1. The number of hydrogen-bond donors (Lipinski definition) is 2. The van der Waals surface area contributed by atoms with Crippen LogP contribution in [0.5, 0.6) is 0 Å². The quantitative estimate of drug-likeness (QED) is 0.776. The van der Waals surface area contributed by atoms with Gasteiger partial charge in [0.1, 0.15) is 0 Å². The topological polar surface area (TPSA) is 58.2 Å². The van der Waals surface area contributed by atoms with E-state index >= 15 is 0 Å². The van der Waals surface area contributed by atoms with E-state index in [1.165, 1.54) is 0 Å². The third kappa shape index (κ3) is 6.59. The first-order valence-corrected chi connectivity index (χ1v) is 9.03. The first-order valence-electron chi connectivity index (χ1n) is 7.55. The summed E-state index contributed by atoms with van der Waals surface area (Å²) >= 11 is 0. The minimum Gasteiger partial charge on any atom is -0.310 e. The van der Waals surface area contributed by atoms with Gasteiger partial charge in [-0.2, -0.15) is 0 Å². The van der Waals surface area contributed by atoms with Crippen LogP contribution in [0.15, 0.2) is 29.2 Å². The second kappa shape index (κ2) is 7.92. The molecule has 0 aliphatic carbocycles. The molecule has 5 heteroatoms. The zero-order valence-electron chi connectivity index (χ0n) is 13.7. The van der Waals surface area contributed by atoms with Crippen LogP contribution in [0, 0.1) is 5.92 Å². The highest BCUT2D eigenvalue weighted by atomic mass is 32.2. The maximum Gasteiger partial charge on any atom is 0.240 e. The smallest absolute Gasteiger partial charge is 0.240 e. The molecule has 0 aliphatic rings. The molecule has 1 atom stereocenters. The Morgan fingerprint density at radius 3 is 2.05 bits per heavy atom. The van der Waals surface area contributed by atoms with E-state index in [-0.39, 0.29) is 6.04 Å². The van der Waals surface area contributed by atoms with Gasteiger partial charge in [-0.25, -0.2) is 13.1 Å². The van der Waals surface area contributed by atoms with Crippen molar-refractivity contribution in [3.8, 4) is 0 Å². The van der Waals surface area contributed by atoms with Crippen molar-refractivity contribution in [3.05, 3.63) is 29.8 Å². The Labute approximate surface area is 129 Å². The van der Waals surface area contributed by atoms with Crippen LogP contribution in [0.2, 0.25) is 0 Å². The Morgan fingerprint density at radius 1 is 1.00 bits per heavy atom. The van der Waals surface area contributed by atoms with E-state index in [4.69, 9.17) is 0 Å². The maximum absolute atomic E-state index is 12.3. The first kappa shape index (κ1) is 18.1. The molecule has 120 valence electrons. The van der Waals surface area contributed by atoms with Crippen LogP contribution < -0.4 is 10.0 Å². The van der Waals surface area contributed by atoms with Crippen LogP contribution in [0.3, 0.4) is 0 Å². The third-order valence-corrected chi connectivity index (χ3v) is 4.73. The molecule has 0 saturated heterocycles. The zero-order valence-corrected chi connectivity index (χ0v) is 14.5. The predicted molar refractivity (Wildman–Crippen MR) is 87.7 cm³/mol. The molecule has 0 fully saturated rings. The molecule has 0 aromatic heterocycles. The Morgan fingerprint density at radius 2 is 1.57 bits per heavy atom. The number of benzene rings is 1. The first-order chi connectivity index (χ1) is 9.70. The summed E-state index contributed by atoms with van der Waals surface area (Å²) in [5.74, 6) is 0.465. The van der Waals surface area contributed by atoms with Gasteiger partial charge in [-0.1, -0.05) is 39.8 Å². The summed E-state index contributed by atoms with van der Waals surface area (Å²) in [6.45, 7) is 11.0. The van der Waals surface area contributed by atoms with E-state index < -0.39 is 10.0 Å². The zero-order chi connectivity index (χ0) is 16.0. The van der Waals surface area contributed by atoms with Crippen molar-refractivity contribution in [2.45, 2.75) is 64.6 Å². The van der Waals surface area contributed by atoms with Gasteiger partial charge in [0.25, 0.3) is 0 Å². The largest absolute Gasteiger partial charge is 0.310 e. The predicted octanol–water partition coefficient (Wildman–Crippen LogP) is 2.90. The Hall–Kier alpha value is -0.910. The average Bonchev–Trinajstić information content (AvgIpc) is 2.35. The lowest BCUT2D eigenvalue weighted by Crippen LogP contribution is -2.33. The van der Waals surface area contributed by atoms with E-state index in [1.807, 2.05) is 19.1 Å². The van der Waals surface area contributed by atoms with Crippen molar-refractivity contribution in [3.63, 3.8) is 0 Å². The van der Waals surface area contributed by atoms with Gasteiger partial charge in [0.15, 0.2) is 0 Å². The van der Waals surface area contributed by atoms with Gasteiger partial charge in [0.2, 0.25) is 10.0 Å². The molecule has 2 N–H and O–H groups in total. The average molecular weight is 312 g/mol. The molecule has 1 unspecified atom stereocenters. The van der Waals surface area contributed by atoms with E-state index in [0.717, 1.165) is 18.5 Å². The van der Waals surface area contributed by atoms with Crippen LogP contribution in [0.1, 0.15) is 46.6 Å². The Kier molecular flexibility index (Phi) is 6.84. The summed E-state index contributed by atoms with van der Waals surface area (Å²) < 4.78 is 27.3. The molecule has 4 nitrogen and oxygen atoms in total. The molecule has 0 saturated carbocycles. The monoisotopic (exact) mass is 312 g/mol. The number of hydrogen-bond acceptors (Lipinski definition) is 3. The van der Waals surface area contributed by atoms with Gasteiger partial charge in [0.05, 0.1) is 4.90 Å². The van der Waals surface area contributed by atoms with Gasteiger partial charge >= 0.3 is 0 Å². The van der Waals surface area contributed by atoms with Crippen LogP contribution in [0.25, 0.3) is 0 Å². The SMILES string of the molecule is CC(C)CC(C)NS(=O)(=O)c1ccc(CNC(C)C)cc1. The maximum atomic E-state index is 12.3. The van der Waals surface area contributed by atoms with Gasteiger partial charge in [-0.3, -0.25) is 0 Å². The fourth-order valence-electron chi connectivity index (χ4n) is 2.20. The van der Waals surface area contributed by atoms with Gasteiger partial charge < -0.3 is 5.32 Å². The Balaban J connectivity index is 2.71. The molecular formula is C16H28N2O2S. The van der Waals surface area contributed by atoms with Crippen LogP contribution in [-0.2, 0) is 16.6 Å². The molecule has 0 bridgehead atoms. The van der Waals surface area contributed by atoms with Crippen molar-refractivity contribution in [2.24, 2.45) is 5.92 Å². The second-order valence-electron chi connectivity index (χ2n) is 6.33. The standard InChI is InChI=1S/C16H28N2O2S/c1-12(2)10-14(5)18-21(19,20)16-8-6-15(7-9-16)11-17-13(3)4/h6-9,12-14,17-18H,10-11H2,1-5H3. The normalized spacial score (nSPS) is 13.9. The highest BCUT2D eigenvalue weighted by Gasteiger charge is 2.17. The summed E-state index contributed by atoms with van der Waals surface area (Å²) in [4.78, 5) is 0.325. The molecule has 0 radical (unpaired) electrons. The number of sulfonamides is 1. The molecule has 0 amide bonds. The fraction of sp³-hybridized carbons (Fsp3) is 0.625. The molecule has 0 aliphatic heterocycles.